The van der Waals surface area contributed by atoms with Gasteiger partial charge in [0.1, 0.15) is 5.76 Å². The van der Waals surface area contributed by atoms with Gasteiger partial charge in [0.05, 0.1) is 20.3 Å². The molecule has 0 unspecified atom stereocenters. The average molecular weight is 388 g/mol. The summed E-state index contributed by atoms with van der Waals surface area (Å²) in [5.41, 5.74) is 6.71. The van der Waals surface area contributed by atoms with Gasteiger partial charge >= 0.3 is 0 Å². The third-order valence-electron chi connectivity index (χ3n) is 5.77. The van der Waals surface area contributed by atoms with Crippen LogP contribution in [0.5, 0.6) is 0 Å². The van der Waals surface area contributed by atoms with Crippen LogP contribution in [0.25, 0.3) is 0 Å². The van der Waals surface area contributed by atoms with Crippen LogP contribution in [0.4, 0.5) is 0 Å². The summed E-state index contributed by atoms with van der Waals surface area (Å²) in [6.45, 7) is 17.4. The number of nitrogens with zero attached hydrogens (tertiary/aromatic N) is 1. The van der Waals surface area contributed by atoms with Crippen LogP contribution >= 0.6 is 0 Å². The molecule has 0 aromatic heterocycles. The van der Waals surface area contributed by atoms with E-state index in [1.54, 1.807) is 14.0 Å². The summed E-state index contributed by atoms with van der Waals surface area (Å²) in [5, 5.41) is 9.76. The maximum absolute atomic E-state index is 9.76. The second-order valence-electron chi connectivity index (χ2n) is 7.96. The molecule has 0 radical (unpaired) electrons. The molecule has 0 spiro atoms. The zero-order valence-corrected chi connectivity index (χ0v) is 18.3. The van der Waals surface area contributed by atoms with Gasteiger partial charge in [0.25, 0.3) is 0 Å². The van der Waals surface area contributed by atoms with Crippen LogP contribution in [0, 0.1) is 5.92 Å². The predicted molar refractivity (Wildman–Crippen MR) is 116 cm³/mol. The summed E-state index contributed by atoms with van der Waals surface area (Å²) >= 11 is 0. The fourth-order valence-corrected chi connectivity index (χ4v) is 3.95. The molecule has 1 fully saturated rings. The van der Waals surface area contributed by atoms with Crippen LogP contribution in [0.2, 0.25) is 0 Å². The highest BCUT2D eigenvalue weighted by molar-refractivity contribution is 5.41. The Morgan fingerprint density at radius 3 is 2.64 bits per heavy atom. The molecule has 4 nitrogen and oxygen atoms in total. The van der Waals surface area contributed by atoms with E-state index in [9.17, 15) is 5.11 Å². The highest BCUT2D eigenvalue weighted by Gasteiger charge is 2.20. The van der Waals surface area contributed by atoms with Crippen LogP contribution in [-0.2, 0) is 9.47 Å². The van der Waals surface area contributed by atoms with Crippen LogP contribution < -0.4 is 0 Å². The Morgan fingerprint density at radius 1 is 1.39 bits per heavy atom. The summed E-state index contributed by atoms with van der Waals surface area (Å²) < 4.78 is 10.7. The molecule has 1 N–H and O–H groups in total. The molecule has 2 rings (SSSR count). The number of ether oxygens (including phenoxy) is 2. The number of methoxy groups -OCH3 is 1. The van der Waals surface area contributed by atoms with Crippen molar-refractivity contribution in [3.63, 3.8) is 0 Å². The van der Waals surface area contributed by atoms with Gasteiger partial charge in [-0.1, -0.05) is 43.2 Å². The minimum Gasteiger partial charge on any atom is -0.509 e. The molecule has 1 aliphatic heterocycles. The number of rotatable bonds is 9. The first-order valence-corrected chi connectivity index (χ1v) is 10.4. The first kappa shape index (κ1) is 22.5. The van der Waals surface area contributed by atoms with E-state index < -0.39 is 0 Å². The summed E-state index contributed by atoms with van der Waals surface area (Å²) in [7, 11) is 1.58. The van der Waals surface area contributed by atoms with E-state index >= 15 is 0 Å². The SMILES string of the molecule is C=C(/C(=C\C(OC)=C(/C)O)CC)[C@@H](C)CC1=C(C)C=C(CN2CCOCC2)C1. The highest BCUT2D eigenvalue weighted by atomic mass is 16.5. The van der Waals surface area contributed by atoms with Crippen molar-refractivity contribution in [2.75, 3.05) is 40.0 Å². The highest BCUT2D eigenvalue weighted by Crippen LogP contribution is 2.34. The molecule has 1 aliphatic carbocycles. The maximum atomic E-state index is 9.76. The number of hydrogen-bond acceptors (Lipinski definition) is 4. The first-order valence-electron chi connectivity index (χ1n) is 10.4. The van der Waals surface area contributed by atoms with Gasteiger partial charge in [-0.2, -0.15) is 0 Å². The van der Waals surface area contributed by atoms with E-state index in [0.717, 1.165) is 63.3 Å². The molecular weight excluding hydrogens is 350 g/mol. The van der Waals surface area contributed by atoms with Gasteiger partial charge in [-0.3, -0.25) is 4.90 Å². The van der Waals surface area contributed by atoms with E-state index in [4.69, 9.17) is 9.47 Å². The Morgan fingerprint density at radius 2 is 2.07 bits per heavy atom. The quantitative estimate of drug-likeness (QED) is 0.429. The van der Waals surface area contributed by atoms with E-state index in [1.165, 1.54) is 16.7 Å². The van der Waals surface area contributed by atoms with Gasteiger partial charge in [-0.25, -0.2) is 0 Å². The fraction of sp³-hybridized carbons (Fsp3) is 0.583. The van der Waals surface area contributed by atoms with Crippen molar-refractivity contribution in [2.45, 2.75) is 47.0 Å². The van der Waals surface area contributed by atoms with Crippen molar-refractivity contribution >= 4 is 0 Å². The lowest BCUT2D eigenvalue weighted by Gasteiger charge is -2.27. The van der Waals surface area contributed by atoms with Gasteiger partial charge in [0.2, 0.25) is 0 Å². The van der Waals surface area contributed by atoms with Crippen molar-refractivity contribution < 1.29 is 14.6 Å². The molecule has 1 saturated heterocycles. The third kappa shape index (κ3) is 6.11. The smallest absolute Gasteiger partial charge is 0.156 e. The summed E-state index contributed by atoms with van der Waals surface area (Å²) in [6, 6.07) is 0. The van der Waals surface area contributed by atoms with Gasteiger partial charge in [-0.15, -0.1) is 0 Å². The van der Waals surface area contributed by atoms with E-state index in [-0.39, 0.29) is 5.76 Å². The summed E-state index contributed by atoms with van der Waals surface area (Å²) in [4.78, 5) is 2.49. The van der Waals surface area contributed by atoms with Crippen molar-refractivity contribution in [2.24, 2.45) is 5.92 Å². The van der Waals surface area contributed by atoms with Crippen LogP contribution in [0.15, 0.2) is 58.1 Å². The van der Waals surface area contributed by atoms with Crippen LogP contribution in [0.3, 0.4) is 0 Å². The van der Waals surface area contributed by atoms with Crippen molar-refractivity contribution in [3.8, 4) is 0 Å². The normalized spacial score (nSPS) is 20.8. The Labute approximate surface area is 170 Å². The Hall–Kier alpha value is -1.78. The molecule has 0 aromatic rings. The average Bonchev–Trinajstić information content (AvgIpc) is 3.01. The lowest BCUT2D eigenvalue weighted by molar-refractivity contribution is 0.0421. The molecule has 1 heterocycles. The maximum Gasteiger partial charge on any atom is 0.156 e. The Bertz CT molecular complexity index is 687. The number of allylic oxidation sites excluding steroid dienone is 7. The Kier molecular flexibility index (Phi) is 8.58. The second kappa shape index (κ2) is 10.7. The molecule has 1 atom stereocenters. The minimum absolute atomic E-state index is 0.195. The molecule has 0 aromatic carbocycles. The standard InChI is InChI=1S/C24H37NO3/c1-7-22(15-24(27-6)20(5)26)19(4)17(2)13-23-14-21(12-18(23)3)16-25-8-10-28-11-9-25/h12,15,17,26H,4,7-11,13-14,16H2,1-3,5-6H3/b22-15-,24-20-/t17-/m0/s1. The topological polar surface area (TPSA) is 41.9 Å². The van der Waals surface area contributed by atoms with E-state index in [0.29, 0.717) is 11.7 Å². The lowest BCUT2D eigenvalue weighted by atomic mass is 9.87. The minimum atomic E-state index is 0.195. The van der Waals surface area contributed by atoms with Crippen LogP contribution in [0.1, 0.15) is 47.0 Å². The monoisotopic (exact) mass is 387 g/mol. The van der Waals surface area contributed by atoms with Gasteiger partial charge in [-0.05, 0) is 56.3 Å². The molecule has 0 saturated carbocycles. The molecule has 156 valence electrons. The lowest BCUT2D eigenvalue weighted by Crippen LogP contribution is -2.37. The molecule has 0 bridgehead atoms. The van der Waals surface area contributed by atoms with E-state index in [1.807, 2.05) is 6.08 Å². The summed E-state index contributed by atoms with van der Waals surface area (Å²) in [5.74, 6) is 1.06. The number of morpholine rings is 1. The second-order valence-corrected chi connectivity index (χ2v) is 7.96. The molecule has 4 heteroatoms. The molecule has 0 amide bonds. The number of aliphatic hydroxyl groups is 1. The van der Waals surface area contributed by atoms with Gasteiger partial charge in [0.15, 0.2) is 5.76 Å². The zero-order valence-electron chi connectivity index (χ0n) is 18.3. The molecule has 2 aliphatic rings. The fourth-order valence-electron chi connectivity index (χ4n) is 3.95. The van der Waals surface area contributed by atoms with Crippen LogP contribution in [-0.4, -0.2) is 50.0 Å². The predicted octanol–water partition coefficient (Wildman–Crippen LogP) is 5.32. The third-order valence-corrected chi connectivity index (χ3v) is 5.77. The van der Waals surface area contributed by atoms with E-state index in [2.05, 4.69) is 38.3 Å². The van der Waals surface area contributed by atoms with Gasteiger partial charge < -0.3 is 14.6 Å². The van der Waals surface area contributed by atoms with Crippen molar-refractivity contribution in [3.05, 3.63) is 58.1 Å². The largest absolute Gasteiger partial charge is 0.509 e. The number of hydrogen-bond donors (Lipinski definition) is 1. The summed E-state index contributed by atoms with van der Waals surface area (Å²) in [6.07, 6.45) is 7.26. The Balaban J connectivity index is 1.97. The first-order chi connectivity index (χ1) is 13.3. The number of aliphatic hydroxyl groups excluding tert-OH is 1. The van der Waals surface area contributed by atoms with Crippen molar-refractivity contribution in [1.82, 2.24) is 4.90 Å². The zero-order chi connectivity index (χ0) is 20.7. The molecule has 28 heavy (non-hydrogen) atoms. The van der Waals surface area contributed by atoms with Crippen molar-refractivity contribution in [1.29, 1.82) is 0 Å². The van der Waals surface area contributed by atoms with Gasteiger partial charge in [0, 0.05) is 19.6 Å². The molecular formula is C24H37NO3.